The van der Waals surface area contributed by atoms with E-state index in [2.05, 4.69) is 43.9 Å². The third-order valence-corrected chi connectivity index (χ3v) is 9.21. The Bertz CT molecular complexity index is 1100. The molecule has 0 radical (unpaired) electrons. The Labute approximate surface area is 210 Å². The highest BCUT2D eigenvalue weighted by Crippen LogP contribution is 2.52. The number of anilines is 2. The number of nitrogen functional groups attached to an aromatic ring is 1. The highest BCUT2D eigenvalue weighted by atomic mass is 127. The van der Waals surface area contributed by atoms with Gasteiger partial charge in [0.25, 0.3) is 0 Å². The topological polar surface area (TPSA) is 110 Å². The predicted molar refractivity (Wildman–Crippen MR) is 138 cm³/mol. The Morgan fingerprint density at radius 3 is 2.58 bits per heavy atom. The summed E-state index contributed by atoms with van der Waals surface area (Å²) < 4.78 is 21.5. The molecule has 10 heteroatoms. The number of hydrogen-bond acceptors (Lipinski definition) is 7. The molecular weight excluding hydrogens is 553 g/mol. The molecule has 1 fully saturated rings. The maximum Gasteiger partial charge on any atom is 0.358 e. The molecule has 0 bridgehead atoms. The summed E-state index contributed by atoms with van der Waals surface area (Å²) in [5, 5.41) is 0. The van der Waals surface area contributed by atoms with E-state index in [4.69, 9.17) is 10.5 Å². The molecule has 1 aliphatic heterocycles. The second-order valence-corrected chi connectivity index (χ2v) is 12.8. The van der Waals surface area contributed by atoms with Gasteiger partial charge in [-0.1, -0.05) is 24.3 Å². The molecule has 1 spiro atoms. The van der Waals surface area contributed by atoms with Crippen molar-refractivity contribution in [3.05, 3.63) is 44.7 Å². The Morgan fingerprint density at radius 1 is 1.27 bits per heavy atom. The molecule has 0 unspecified atom stereocenters. The minimum atomic E-state index is -1.18. The number of methoxy groups -OCH3 is 1. The van der Waals surface area contributed by atoms with Gasteiger partial charge in [-0.3, -0.25) is 0 Å². The van der Waals surface area contributed by atoms with E-state index >= 15 is 0 Å². The molecule has 0 amide bonds. The van der Waals surface area contributed by atoms with E-state index in [0.717, 1.165) is 32.4 Å². The van der Waals surface area contributed by atoms with Gasteiger partial charge in [-0.05, 0) is 79.2 Å². The van der Waals surface area contributed by atoms with Gasteiger partial charge in [0.1, 0.15) is 5.82 Å². The van der Waals surface area contributed by atoms with E-state index in [0.29, 0.717) is 9.52 Å². The van der Waals surface area contributed by atoms with Gasteiger partial charge >= 0.3 is 5.97 Å². The smallest absolute Gasteiger partial charge is 0.358 e. The monoisotopic (exact) mass is 583 g/mol. The third-order valence-electron chi connectivity index (χ3n) is 6.59. The predicted octanol–water partition coefficient (Wildman–Crippen LogP) is 3.39. The maximum absolute atomic E-state index is 13.1. The first kappa shape index (κ1) is 24.3. The van der Waals surface area contributed by atoms with Crippen molar-refractivity contribution < 1.29 is 13.7 Å². The number of nitrogens with zero attached hydrogens (tertiary/aromatic N) is 3. The van der Waals surface area contributed by atoms with E-state index in [1.807, 2.05) is 43.4 Å². The number of piperidine rings is 1. The van der Waals surface area contributed by atoms with Crippen LogP contribution < -0.4 is 15.4 Å². The van der Waals surface area contributed by atoms with Crippen LogP contribution in [0.5, 0.6) is 0 Å². The van der Waals surface area contributed by atoms with Gasteiger partial charge in [-0.15, -0.1) is 0 Å². The number of carbonyl (C=O) groups is 1. The first-order chi connectivity index (χ1) is 15.6. The molecule has 8 nitrogen and oxygen atoms in total. The summed E-state index contributed by atoms with van der Waals surface area (Å²) in [6, 6.07) is 8.47. The summed E-state index contributed by atoms with van der Waals surface area (Å²) in [5.41, 5.74) is 8.78. The number of nitrogens with one attached hydrogen (secondary N) is 1. The molecular formula is C23H30IN5O3S. The van der Waals surface area contributed by atoms with Gasteiger partial charge < -0.3 is 15.4 Å². The fraction of sp³-hybridized carbons (Fsp3) is 0.522. The Balaban J connectivity index is 1.60. The number of halogens is 1. The molecule has 4 rings (SSSR count). The fourth-order valence-electron chi connectivity index (χ4n) is 4.70. The molecule has 33 heavy (non-hydrogen) atoms. The lowest BCUT2D eigenvalue weighted by Crippen LogP contribution is -2.48. The molecule has 178 valence electrons. The minimum absolute atomic E-state index is 0.0178. The third kappa shape index (κ3) is 4.61. The van der Waals surface area contributed by atoms with E-state index in [1.54, 1.807) is 0 Å². The molecule has 1 saturated heterocycles. The zero-order chi connectivity index (χ0) is 24.0. The lowest BCUT2D eigenvalue weighted by Gasteiger charge is -2.44. The standard InChI is InChI=1S/C23H30IN5O3S/c1-22(2,3)33(31)28-18-15-8-6-5-7-14(15)13-23(18)9-11-29(12-10-23)21-26-17(20(30)32-4)16(24)19(25)27-21/h5-8,18,28H,9-13H2,1-4H3,(H2,25,26,27)/t18-,33-/m1/s1. The van der Waals surface area contributed by atoms with Gasteiger partial charge in [-0.2, -0.15) is 4.98 Å². The van der Waals surface area contributed by atoms with Crippen LogP contribution in [-0.4, -0.2) is 45.1 Å². The Kier molecular flexibility index (Phi) is 6.71. The van der Waals surface area contributed by atoms with Crippen LogP contribution in [0.15, 0.2) is 24.3 Å². The normalized spacial score (nSPS) is 20.5. The lowest BCUT2D eigenvalue weighted by molar-refractivity contribution is 0.0592. The van der Waals surface area contributed by atoms with Crippen molar-refractivity contribution >= 4 is 51.3 Å². The van der Waals surface area contributed by atoms with E-state index < -0.39 is 17.0 Å². The summed E-state index contributed by atoms with van der Waals surface area (Å²) >= 11 is 1.97. The molecule has 2 aromatic rings. The second kappa shape index (κ2) is 9.10. The molecule has 1 aromatic heterocycles. The van der Waals surface area contributed by atoms with Gasteiger partial charge in [0.05, 0.1) is 32.5 Å². The zero-order valence-electron chi connectivity index (χ0n) is 19.4. The number of aromatic nitrogens is 2. The van der Waals surface area contributed by atoms with Crippen LogP contribution >= 0.6 is 22.6 Å². The summed E-state index contributed by atoms with van der Waals surface area (Å²) in [6.45, 7) is 7.40. The second-order valence-electron chi connectivity index (χ2n) is 9.72. The summed E-state index contributed by atoms with van der Waals surface area (Å²) in [4.78, 5) is 23.1. The number of rotatable bonds is 4. The molecule has 0 saturated carbocycles. The number of esters is 1. The van der Waals surface area contributed by atoms with Crippen LogP contribution in [0.3, 0.4) is 0 Å². The van der Waals surface area contributed by atoms with Crippen LogP contribution in [0.4, 0.5) is 11.8 Å². The van der Waals surface area contributed by atoms with Crippen LogP contribution in [0.2, 0.25) is 0 Å². The fourth-order valence-corrected chi connectivity index (χ4v) is 6.11. The molecule has 1 aliphatic carbocycles. The average Bonchev–Trinajstić information content (AvgIpc) is 3.07. The number of nitrogens with two attached hydrogens (primary N) is 1. The molecule has 2 heterocycles. The Morgan fingerprint density at radius 2 is 1.94 bits per heavy atom. The van der Waals surface area contributed by atoms with Crippen LogP contribution in [0, 0.1) is 8.99 Å². The van der Waals surface area contributed by atoms with Gasteiger partial charge in [-0.25, -0.2) is 18.7 Å². The number of fused-ring (bicyclic) bond motifs is 1. The quantitative estimate of drug-likeness (QED) is 0.420. The molecule has 2 atom stereocenters. The summed E-state index contributed by atoms with van der Waals surface area (Å²) in [7, 11) is 0.148. The first-order valence-corrected chi connectivity index (χ1v) is 13.2. The first-order valence-electron chi connectivity index (χ1n) is 11.0. The summed E-state index contributed by atoms with van der Waals surface area (Å²) in [5.74, 6) is 0.194. The number of carbonyl (C=O) groups excluding carboxylic acids is 1. The largest absolute Gasteiger partial charge is 0.464 e. The SMILES string of the molecule is COC(=O)c1nc(N2CCC3(CC2)Cc2ccccc2[C@H]3N[S@](=O)C(C)(C)C)nc(N)c1I. The van der Waals surface area contributed by atoms with Crippen molar-refractivity contribution in [1.29, 1.82) is 0 Å². The molecule has 1 aromatic carbocycles. The van der Waals surface area contributed by atoms with Gasteiger partial charge in [0.2, 0.25) is 5.95 Å². The molecule has 2 aliphatic rings. The summed E-state index contributed by atoms with van der Waals surface area (Å²) in [6.07, 6.45) is 2.70. The molecule has 3 N–H and O–H groups in total. The van der Waals surface area contributed by atoms with Gasteiger partial charge in [0.15, 0.2) is 5.69 Å². The average molecular weight is 583 g/mol. The van der Waals surface area contributed by atoms with Gasteiger partial charge in [0, 0.05) is 13.1 Å². The highest BCUT2D eigenvalue weighted by molar-refractivity contribution is 14.1. The Hall–Kier alpha value is -1.79. The van der Waals surface area contributed by atoms with Crippen molar-refractivity contribution in [2.75, 3.05) is 30.8 Å². The highest BCUT2D eigenvalue weighted by Gasteiger charge is 2.49. The number of hydrogen-bond donors (Lipinski definition) is 2. The van der Waals surface area contributed by atoms with Crippen molar-refractivity contribution in [2.45, 2.75) is 50.8 Å². The van der Waals surface area contributed by atoms with Crippen molar-refractivity contribution in [3.8, 4) is 0 Å². The van der Waals surface area contributed by atoms with E-state index in [1.165, 1.54) is 18.2 Å². The number of benzene rings is 1. The van der Waals surface area contributed by atoms with Crippen LogP contribution in [-0.2, 0) is 22.1 Å². The van der Waals surface area contributed by atoms with Crippen molar-refractivity contribution in [1.82, 2.24) is 14.7 Å². The van der Waals surface area contributed by atoms with Crippen LogP contribution in [0.1, 0.15) is 61.3 Å². The maximum atomic E-state index is 13.1. The van der Waals surface area contributed by atoms with Crippen molar-refractivity contribution in [3.63, 3.8) is 0 Å². The van der Waals surface area contributed by atoms with Crippen molar-refractivity contribution in [2.24, 2.45) is 5.41 Å². The zero-order valence-corrected chi connectivity index (χ0v) is 22.3. The number of ether oxygens (including phenoxy) is 1. The van der Waals surface area contributed by atoms with E-state index in [-0.39, 0.29) is 27.7 Å². The van der Waals surface area contributed by atoms with Crippen LogP contribution in [0.25, 0.3) is 0 Å². The lowest BCUT2D eigenvalue weighted by atomic mass is 9.73. The van der Waals surface area contributed by atoms with E-state index in [9.17, 15) is 9.00 Å². The minimum Gasteiger partial charge on any atom is -0.464 e.